The normalized spacial score (nSPS) is 24.1. The van der Waals surface area contributed by atoms with Crippen molar-refractivity contribution >= 4 is 23.7 Å². The van der Waals surface area contributed by atoms with Crippen molar-refractivity contribution in [2.24, 2.45) is 5.73 Å². The van der Waals surface area contributed by atoms with Gasteiger partial charge in [0.1, 0.15) is 17.4 Å². The third kappa shape index (κ3) is 3.24. The van der Waals surface area contributed by atoms with Gasteiger partial charge in [-0.1, -0.05) is 48.5 Å². The summed E-state index contributed by atoms with van der Waals surface area (Å²) in [5, 5.41) is 8.80. The lowest BCUT2D eigenvalue weighted by Crippen LogP contribution is -2.53. The van der Waals surface area contributed by atoms with E-state index in [9.17, 15) is 14.7 Å². The highest BCUT2D eigenvalue weighted by atomic mass is 32.2. The van der Waals surface area contributed by atoms with Crippen LogP contribution in [0.5, 0.6) is 0 Å². The number of aliphatic carboxylic acids is 1. The van der Waals surface area contributed by atoms with Gasteiger partial charge in [0.2, 0.25) is 0 Å². The topological polar surface area (TPSA) is 89.6 Å². The summed E-state index contributed by atoms with van der Waals surface area (Å²) in [7, 11) is 0. The van der Waals surface area contributed by atoms with Gasteiger partial charge in [0.15, 0.2) is 0 Å². The number of benzene rings is 2. The van der Waals surface area contributed by atoms with Crippen LogP contribution in [-0.4, -0.2) is 40.2 Å². The van der Waals surface area contributed by atoms with E-state index in [2.05, 4.69) is 24.3 Å². The molecule has 0 aromatic heterocycles. The van der Waals surface area contributed by atoms with Crippen molar-refractivity contribution in [1.82, 2.24) is 0 Å². The SMILES string of the molecule is N[C@@]1(C(=O)O)CCS[C@H](C(=O)OCC2c3ccccc3-c3ccccc32)C1. The van der Waals surface area contributed by atoms with E-state index in [4.69, 9.17) is 10.5 Å². The monoisotopic (exact) mass is 383 g/mol. The molecule has 0 radical (unpaired) electrons. The predicted octanol–water partition coefficient (Wildman–Crippen LogP) is 3.02. The zero-order valence-electron chi connectivity index (χ0n) is 14.8. The van der Waals surface area contributed by atoms with Gasteiger partial charge in [-0.3, -0.25) is 9.59 Å². The largest absolute Gasteiger partial charge is 0.480 e. The molecule has 4 rings (SSSR count). The van der Waals surface area contributed by atoms with E-state index in [-0.39, 0.29) is 24.9 Å². The third-order valence-electron chi connectivity index (χ3n) is 5.46. The highest BCUT2D eigenvalue weighted by Crippen LogP contribution is 2.44. The van der Waals surface area contributed by atoms with Gasteiger partial charge in [0.05, 0.1) is 0 Å². The number of carbonyl (C=O) groups is 2. The molecule has 0 saturated carbocycles. The second-order valence-corrected chi connectivity index (χ2v) is 8.44. The fourth-order valence-corrected chi connectivity index (χ4v) is 5.30. The van der Waals surface area contributed by atoms with Crippen LogP contribution in [0.4, 0.5) is 0 Å². The molecule has 2 atom stereocenters. The summed E-state index contributed by atoms with van der Waals surface area (Å²) in [5.74, 6) is -0.897. The number of fused-ring (bicyclic) bond motifs is 3. The quantitative estimate of drug-likeness (QED) is 0.789. The number of esters is 1. The number of thioether (sulfide) groups is 1. The third-order valence-corrected chi connectivity index (χ3v) is 6.66. The van der Waals surface area contributed by atoms with Gasteiger partial charge in [-0.15, -0.1) is 11.8 Å². The van der Waals surface area contributed by atoms with Gasteiger partial charge >= 0.3 is 11.9 Å². The van der Waals surface area contributed by atoms with E-state index in [0.717, 1.165) is 11.1 Å². The number of carboxylic acid groups (broad SMARTS) is 1. The van der Waals surface area contributed by atoms with E-state index >= 15 is 0 Å². The van der Waals surface area contributed by atoms with Crippen molar-refractivity contribution in [3.05, 3.63) is 59.7 Å². The number of hydrogen-bond acceptors (Lipinski definition) is 5. The van der Waals surface area contributed by atoms with Crippen LogP contribution in [0.3, 0.4) is 0 Å². The minimum absolute atomic E-state index is 0.00273. The first-order valence-corrected chi connectivity index (χ1v) is 10.0. The number of carbonyl (C=O) groups excluding carboxylic acids is 1. The van der Waals surface area contributed by atoms with Crippen LogP contribution in [0, 0.1) is 0 Å². The van der Waals surface area contributed by atoms with Crippen LogP contribution in [0.25, 0.3) is 11.1 Å². The second kappa shape index (κ2) is 7.02. The molecular weight excluding hydrogens is 362 g/mol. The van der Waals surface area contributed by atoms with Gasteiger partial charge in [-0.05, 0) is 40.8 Å². The Morgan fingerprint density at radius 2 is 1.70 bits per heavy atom. The van der Waals surface area contributed by atoms with E-state index in [1.54, 1.807) is 0 Å². The summed E-state index contributed by atoms with van der Waals surface area (Å²) in [5.41, 5.74) is 9.26. The van der Waals surface area contributed by atoms with Crippen molar-refractivity contribution in [2.75, 3.05) is 12.4 Å². The Labute approximate surface area is 161 Å². The number of carboxylic acids is 1. The summed E-state index contributed by atoms with van der Waals surface area (Å²) in [6.07, 6.45) is 0.462. The minimum atomic E-state index is -1.35. The molecule has 0 bridgehead atoms. The van der Waals surface area contributed by atoms with E-state index in [0.29, 0.717) is 12.2 Å². The van der Waals surface area contributed by atoms with Crippen molar-refractivity contribution in [2.45, 2.75) is 29.5 Å². The number of rotatable bonds is 4. The molecule has 1 heterocycles. The molecule has 2 aromatic carbocycles. The Morgan fingerprint density at radius 1 is 1.11 bits per heavy atom. The Hall–Kier alpha value is -2.31. The van der Waals surface area contributed by atoms with Crippen LogP contribution < -0.4 is 5.73 Å². The first kappa shape index (κ1) is 18.1. The Kier molecular flexibility index (Phi) is 4.70. The molecule has 0 amide bonds. The number of nitrogens with two attached hydrogens (primary N) is 1. The summed E-state index contributed by atoms with van der Waals surface area (Å²) >= 11 is 1.43. The highest BCUT2D eigenvalue weighted by molar-refractivity contribution is 8.00. The fourth-order valence-electron chi connectivity index (χ4n) is 3.92. The van der Waals surface area contributed by atoms with Crippen LogP contribution >= 0.6 is 11.8 Å². The van der Waals surface area contributed by atoms with Gasteiger partial charge in [0.25, 0.3) is 0 Å². The van der Waals surface area contributed by atoms with Crippen LogP contribution in [0.1, 0.15) is 29.9 Å². The molecule has 1 aliphatic heterocycles. The smallest absolute Gasteiger partial charge is 0.323 e. The number of ether oxygens (including phenoxy) is 1. The van der Waals surface area contributed by atoms with Gasteiger partial charge in [-0.2, -0.15) is 0 Å². The van der Waals surface area contributed by atoms with E-state index < -0.39 is 16.8 Å². The fraction of sp³-hybridized carbons (Fsp3) is 0.333. The van der Waals surface area contributed by atoms with E-state index in [1.807, 2.05) is 24.3 Å². The van der Waals surface area contributed by atoms with Crippen LogP contribution in [0.15, 0.2) is 48.5 Å². The van der Waals surface area contributed by atoms with Crippen molar-refractivity contribution < 1.29 is 19.4 Å². The maximum absolute atomic E-state index is 12.6. The predicted molar refractivity (Wildman–Crippen MR) is 105 cm³/mol. The average molecular weight is 383 g/mol. The molecule has 1 fully saturated rings. The molecule has 5 nitrogen and oxygen atoms in total. The zero-order valence-corrected chi connectivity index (χ0v) is 15.6. The molecule has 1 saturated heterocycles. The molecule has 27 heavy (non-hydrogen) atoms. The Bertz CT molecular complexity index is 854. The van der Waals surface area contributed by atoms with Crippen molar-refractivity contribution in [1.29, 1.82) is 0 Å². The molecule has 2 aromatic rings. The Morgan fingerprint density at radius 3 is 2.30 bits per heavy atom. The zero-order chi connectivity index (χ0) is 19.0. The molecule has 0 unspecified atom stereocenters. The lowest BCUT2D eigenvalue weighted by molar-refractivity contribution is -0.146. The lowest BCUT2D eigenvalue weighted by Gasteiger charge is -2.33. The first-order chi connectivity index (χ1) is 13.0. The lowest BCUT2D eigenvalue weighted by atomic mass is 9.91. The van der Waals surface area contributed by atoms with Crippen LogP contribution in [0.2, 0.25) is 0 Å². The van der Waals surface area contributed by atoms with Crippen molar-refractivity contribution in [3.63, 3.8) is 0 Å². The molecule has 6 heteroatoms. The summed E-state index contributed by atoms with van der Waals surface area (Å²) in [4.78, 5) is 24.0. The molecule has 3 N–H and O–H groups in total. The minimum Gasteiger partial charge on any atom is -0.480 e. The highest BCUT2D eigenvalue weighted by Gasteiger charge is 2.43. The van der Waals surface area contributed by atoms with Crippen LogP contribution in [-0.2, 0) is 14.3 Å². The average Bonchev–Trinajstić information content (AvgIpc) is 3.00. The standard InChI is InChI=1S/C21H21NO4S/c22-21(20(24)25)9-10-27-18(11-21)19(23)26-12-17-15-7-3-1-5-13(15)14-6-2-4-8-16(14)17/h1-8,17-18H,9-12,22H2,(H,24,25)/t18-,21-/m0/s1. The molecule has 1 aliphatic carbocycles. The maximum atomic E-state index is 12.6. The molecule has 0 spiro atoms. The molecular formula is C21H21NO4S. The second-order valence-electron chi connectivity index (χ2n) is 7.13. The maximum Gasteiger partial charge on any atom is 0.323 e. The summed E-state index contributed by atoms with van der Waals surface area (Å²) < 4.78 is 5.64. The summed E-state index contributed by atoms with van der Waals surface area (Å²) in [6, 6.07) is 16.3. The first-order valence-electron chi connectivity index (χ1n) is 8.98. The summed E-state index contributed by atoms with van der Waals surface area (Å²) in [6.45, 7) is 0.245. The van der Waals surface area contributed by atoms with Gasteiger partial charge in [0, 0.05) is 5.92 Å². The number of hydrogen-bond donors (Lipinski definition) is 2. The van der Waals surface area contributed by atoms with Crippen molar-refractivity contribution in [3.8, 4) is 11.1 Å². The van der Waals surface area contributed by atoms with Gasteiger partial charge < -0.3 is 15.6 Å². The van der Waals surface area contributed by atoms with Gasteiger partial charge in [-0.25, -0.2) is 0 Å². The molecule has 140 valence electrons. The molecule has 2 aliphatic rings. The van der Waals surface area contributed by atoms with E-state index in [1.165, 1.54) is 22.9 Å². The Balaban J connectivity index is 1.49.